The number of halogens is 1. The fourth-order valence-corrected chi connectivity index (χ4v) is 1.55. The molecule has 2 amide bonds. The Morgan fingerprint density at radius 1 is 1.19 bits per heavy atom. The van der Waals surface area contributed by atoms with Crippen molar-refractivity contribution in [1.82, 2.24) is 5.32 Å². The van der Waals surface area contributed by atoms with Gasteiger partial charge in [-0.3, -0.25) is 25.0 Å². The van der Waals surface area contributed by atoms with Crippen LogP contribution in [0.3, 0.4) is 0 Å². The van der Waals surface area contributed by atoms with E-state index in [2.05, 4.69) is 0 Å². The summed E-state index contributed by atoms with van der Waals surface area (Å²) in [7, 11) is 0. The number of nitro benzene ring substituents is 1. The maximum absolute atomic E-state index is 11.2. The first-order chi connectivity index (χ1) is 7.00. The van der Waals surface area contributed by atoms with E-state index in [1.807, 2.05) is 5.32 Å². The van der Waals surface area contributed by atoms with Crippen molar-refractivity contribution in [3.63, 3.8) is 0 Å². The number of nitro groups is 1. The van der Waals surface area contributed by atoms with Gasteiger partial charge in [-0.2, -0.15) is 0 Å². The number of benzene rings is 1. The Morgan fingerprint density at radius 2 is 1.69 bits per heavy atom. The van der Waals surface area contributed by atoms with E-state index < -0.39 is 16.7 Å². The number of nitrogens with one attached hydrogen (secondary N) is 1. The topological polar surface area (TPSA) is 89.3 Å². The molecule has 0 radical (unpaired) electrons. The fraction of sp³-hybridized carbons (Fsp3) is 0. The SMILES string of the molecule is O=C1NC(=O)c2cc([N+](=O)[O-])c(Cl)cc21.[KH]. The second-order valence-electron chi connectivity index (χ2n) is 2.89. The normalized spacial score (nSPS) is 12.8. The first-order valence-corrected chi connectivity index (χ1v) is 4.22. The minimum atomic E-state index is -0.710. The molecule has 78 valence electrons. The summed E-state index contributed by atoms with van der Waals surface area (Å²) in [5, 5.41) is 12.4. The van der Waals surface area contributed by atoms with Crippen LogP contribution >= 0.6 is 11.6 Å². The molecule has 6 nitrogen and oxygen atoms in total. The van der Waals surface area contributed by atoms with E-state index >= 15 is 0 Å². The molecule has 0 saturated heterocycles. The van der Waals surface area contributed by atoms with Crippen LogP contribution in [0.5, 0.6) is 0 Å². The van der Waals surface area contributed by atoms with Crippen LogP contribution in [-0.4, -0.2) is 68.1 Å². The van der Waals surface area contributed by atoms with Gasteiger partial charge >= 0.3 is 51.4 Å². The maximum atomic E-state index is 11.2. The number of carbonyl (C=O) groups is 2. The fourth-order valence-electron chi connectivity index (χ4n) is 1.32. The van der Waals surface area contributed by atoms with Crippen LogP contribution in [0.1, 0.15) is 20.7 Å². The van der Waals surface area contributed by atoms with Gasteiger partial charge in [0.25, 0.3) is 17.5 Å². The van der Waals surface area contributed by atoms with E-state index in [-0.39, 0.29) is 73.2 Å². The molecular weight excluding hydrogens is 263 g/mol. The average molecular weight is 267 g/mol. The third-order valence-electron chi connectivity index (χ3n) is 2.00. The van der Waals surface area contributed by atoms with Crippen molar-refractivity contribution < 1.29 is 14.5 Å². The molecule has 16 heavy (non-hydrogen) atoms. The van der Waals surface area contributed by atoms with Gasteiger partial charge < -0.3 is 0 Å². The molecule has 0 fully saturated rings. The molecule has 1 aliphatic rings. The first-order valence-electron chi connectivity index (χ1n) is 3.84. The summed E-state index contributed by atoms with van der Waals surface area (Å²) in [4.78, 5) is 32.1. The average Bonchev–Trinajstić information content (AvgIpc) is 2.41. The van der Waals surface area contributed by atoms with Gasteiger partial charge in [-0.15, -0.1) is 0 Å². The number of hydrogen-bond donors (Lipinski definition) is 1. The van der Waals surface area contributed by atoms with E-state index in [1.54, 1.807) is 0 Å². The Kier molecular flexibility index (Phi) is 4.21. The van der Waals surface area contributed by atoms with Gasteiger partial charge in [-0.25, -0.2) is 0 Å². The van der Waals surface area contributed by atoms with Crippen molar-refractivity contribution in [1.29, 1.82) is 0 Å². The van der Waals surface area contributed by atoms with Gasteiger partial charge in [0.05, 0.1) is 16.1 Å². The summed E-state index contributed by atoms with van der Waals surface area (Å²) in [5.41, 5.74) is -0.341. The predicted octanol–water partition coefficient (Wildman–Crippen LogP) is 0.483. The summed E-state index contributed by atoms with van der Waals surface area (Å²) in [6.07, 6.45) is 0. The zero-order chi connectivity index (χ0) is 11.2. The molecule has 0 spiro atoms. The van der Waals surface area contributed by atoms with Crippen molar-refractivity contribution in [2.24, 2.45) is 0 Å². The van der Waals surface area contributed by atoms with Gasteiger partial charge in [-0.1, -0.05) is 11.6 Å². The Hall–Kier alpha value is -0.314. The predicted molar refractivity (Wildman–Crippen MR) is 57.1 cm³/mol. The van der Waals surface area contributed by atoms with E-state index in [9.17, 15) is 19.7 Å². The molecule has 0 atom stereocenters. The molecule has 1 heterocycles. The number of hydrogen-bond acceptors (Lipinski definition) is 4. The standard InChI is InChI=1S/C8H3ClN2O4.K.H/c9-5-1-3-4(2-6(5)11(14)15)8(13)10-7(3)12;;/h1-2H,(H,10,12,13);;. The van der Waals surface area contributed by atoms with Crippen molar-refractivity contribution in [2.45, 2.75) is 0 Å². The summed E-state index contributed by atoms with van der Waals surface area (Å²) in [6, 6.07) is 2.12. The van der Waals surface area contributed by atoms with Crippen LogP contribution in [0.25, 0.3) is 0 Å². The molecule has 1 aliphatic heterocycles. The van der Waals surface area contributed by atoms with Crippen molar-refractivity contribution in [3.8, 4) is 0 Å². The van der Waals surface area contributed by atoms with Crippen molar-refractivity contribution in [2.75, 3.05) is 0 Å². The van der Waals surface area contributed by atoms with Crippen LogP contribution in [0.4, 0.5) is 5.69 Å². The number of rotatable bonds is 1. The molecule has 0 bridgehead atoms. The van der Waals surface area contributed by atoms with Gasteiger partial charge in [0.1, 0.15) is 5.02 Å². The Morgan fingerprint density at radius 3 is 2.19 bits per heavy atom. The van der Waals surface area contributed by atoms with Gasteiger partial charge in [0, 0.05) is 6.07 Å². The quantitative estimate of drug-likeness (QED) is 0.347. The van der Waals surface area contributed by atoms with Gasteiger partial charge in [0.2, 0.25) is 0 Å². The Labute approximate surface area is 137 Å². The molecule has 0 aromatic heterocycles. The molecule has 0 aliphatic carbocycles. The summed E-state index contributed by atoms with van der Waals surface area (Å²) >= 11 is 5.58. The number of amides is 2. The van der Waals surface area contributed by atoms with E-state index in [0.717, 1.165) is 12.1 Å². The summed E-state index contributed by atoms with van der Waals surface area (Å²) in [6.45, 7) is 0. The van der Waals surface area contributed by atoms with Crippen molar-refractivity contribution in [3.05, 3.63) is 38.4 Å². The number of imide groups is 1. The summed E-state index contributed by atoms with van der Waals surface area (Å²) < 4.78 is 0. The van der Waals surface area contributed by atoms with E-state index in [0.29, 0.717) is 0 Å². The Bertz CT molecular complexity index is 517. The molecule has 2 rings (SSSR count). The van der Waals surface area contributed by atoms with Crippen LogP contribution in [0.15, 0.2) is 12.1 Å². The van der Waals surface area contributed by atoms with Crippen molar-refractivity contribution >= 4 is 80.5 Å². The first kappa shape index (κ1) is 13.8. The molecule has 1 N–H and O–H groups in total. The molecule has 8 heteroatoms. The third-order valence-corrected chi connectivity index (χ3v) is 2.30. The second-order valence-corrected chi connectivity index (χ2v) is 3.30. The van der Waals surface area contributed by atoms with Crippen LogP contribution in [0, 0.1) is 10.1 Å². The number of nitrogens with zero attached hydrogens (tertiary/aromatic N) is 1. The molecule has 0 saturated carbocycles. The minimum absolute atomic E-state index is 0. The molecule has 1 aromatic carbocycles. The van der Waals surface area contributed by atoms with Crippen LogP contribution in [-0.2, 0) is 0 Å². The van der Waals surface area contributed by atoms with E-state index in [4.69, 9.17) is 11.6 Å². The molecule has 0 unspecified atom stereocenters. The summed E-state index contributed by atoms with van der Waals surface area (Å²) in [5.74, 6) is -1.23. The second kappa shape index (κ2) is 4.90. The molecular formula is C8H4ClKN2O4. The third kappa shape index (κ3) is 2.19. The zero-order valence-corrected chi connectivity index (χ0v) is 7.87. The van der Waals surface area contributed by atoms with Gasteiger partial charge in [0.15, 0.2) is 0 Å². The number of fused-ring (bicyclic) bond motifs is 1. The van der Waals surface area contributed by atoms with E-state index in [1.165, 1.54) is 0 Å². The number of carbonyl (C=O) groups excluding carboxylic acids is 2. The van der Waals surface area contributed by atoms with Crippen LogP contribution < -0.4 is 5.32 Å². The Balaban J connectivity index is 0.00000128. The molecule has 1 aromatic rings. The van der Waals surface area contributed by atoms with Gasteiger partial charge in [-0.05, 0) is 6.07 Å². The zero-order valence-electron chi connectivity index (χ0n) is 7.11. The monoisotopic (exact) mass is 266 g/mol. The van der Waals surface area contributed by atoms with Crippen LogP contribution in [0.2, 0.25) is 5.02 Å².